The Bertz CT molecular complexity index is 1100. The molecule has 116 valence electrons. The van der Waals surface area contributed by atoms with Gasteiger partial charge in [-0.3, -0.25) is 0 Å². The van der Waals surface area contributed by atoms with Crippen molar-refractivity contribution >= 4 is 23.6 Å². The predicted octanol–water partition coefficient (Wildman–Crippen LogP) is 4.98. The highest BCUT2D eigenvalue weighted by Gasteiger charge is 2.18. The number of hydrogen-bond acceptors (Lipinski definition) is 1. The Labute approximate surface area is 141 Å². The zero-order valence-electron chi connectivity index (χ0n) is 13.6. The van der Waals surface area contributed by atoms with Crippen molar-refractivity contribution in [1.82, 2.24) is 0 Å². The molecule has 0 saturated heterocycles. The molecule has 0 fully saturated rings. The second kappa shape index (κ2) is 5.86. The molecule has 0 spiro atoms. The molecule has 1 aromatic heterocycles. The maximum absolute atomic E-state index is 6.29. The predicted molar refractivity (Wildman–Crippen MR) is 102 cm³/mol. The minimum atomic E-state index is 0.896. The molecule has 0 aliphatic rings. The van der Waals surface area contributed by atoms with Crippen molar-refractivity contribution in [1.29, 1.82) is 0 Å². The van der Waals surface area contributed by atoms with Crippen LogP contribution < -0.4 is 10.4 Å². The van der Waals surface area contributed by atoms with Gasteiger partial charge in [0, 0.05) is 16.5 Å². The van der Waals surface area contributed by atoms with Gasteiger partial charge in [0.2, 0.25) is 0 Å². The van der Waals surface area contributed by atoms with Gasteiger partial charge >= 0.3 is 0 Å². The lowest BCUT2D eigenvalue weighted by Gasteiger charge is -2.04. The largest absolute Gasteiger partial charge is 0.455 e. The van der Waals surface area contributed by atoms with E-state index in [4.69, 9.17) is 4.42 Å². The Hall–Kier alpha value is -3.06. The van der Waals surface area contributed by atoms with E-state index in [1.807, 2.05) is 43.3 Å². The summed E-state index contributed by atoms with van der Waals surface area (Å²) < 4.78 is 6.29. The molecule has 0 amide bonds. The minimum Gasteiger partial charge on any atom is -0.455 e. The van der Waals surface area contributed by atoms with E-state index in [1.54, 1.807) is 0 Å². The third kappa shape index (κ3) is 2.26. The lowest BCUT2D eigenvalue weighted by molar-refractivity contribution is 0.632. The fraction of sp³-hybridized carbons (Fsp3) is 0.0435. The summed E-state index contributed by atoms with van der Waals surface area (Å²) in [6, 6.07) is 24.7. The van der Waals surface area contributed by atoms with Crippen LogP contribution in [0.5, 0.6) is 0 Å². The molecule has 4 rings (SSSR count). The molecule has 0 N–H and O–H groups in total. The summed E-state index contributed by atoms with van der Waals surface area (Å²) in [5.74, 6) is 0.908. The van der Waals surface area contributed by atoms with E-state index in [9.17, 15) is 0 Å². The first kappa shape index (κ1) is 14.5. The van der Waals surface area contributed by atoms with Gasteiger partial charge < -0.3 is 4.42 Å². The van der Waals surface area contributed by atoms with Crippen molar-refractivity contribution < 1.29 is 4.42 Å². The topological polar surface area (TPSA) is 13.1 Å². The number of hydrogen-bond donors (Lipinski definition) is 0. The smallest absolute Gasteiger partial charge is 0.143 e. The Morgan fingerprint density at radius 1 is 0.792 bits per heavy atom. The molecule has 1 heteroatoms. The molecule has 0 saturated carbocycles. The Balaban J connectivity index is 2.20. The summed E-state index contributed by atoms with van der Waals surface area (Å²) in [6.45, 7) is 6.23. The lowest BCUT2D eigenvalue weighted by Crippen LogP contribution is -2.22. The number of benzene rings is 3. The van der Waals surface area contributed by atoms with Crippen molar-refractivity contribution in [2.24, 2.45) is 0 Å². The molecule has 0 unspecified atom stereocenters. The van der Waals surface area contributed by atoms with Crippen molar-refractivity contribution in [2.75, 3.05) is 0 Å². The summed E-state index contributed by atoms with van der Waals surface area (Å²) in [4.78, 5) is 0. The number of fused-ring (bicyclic) bond motifs is 1. The Kier molecular flexibility index (Phi) is 3.55. The summed E-state index contributed by atoms with van der Waals surface area (Å²) in [5, 5.41) is 3.29. The van der Waals surface area contributed by atoms with Crippen LogP contribution in [0.15, 0.2) is 77.2 Å². The van der Waals surface area contributed by atoms with Crippen molar-refractivity contribution in [2.45, 2.75) is 6.92 Å². The van der Waals surface area contributed by atoms with Crippen LogP contribution >= 0.6 is 0 Å². The molecule has 0 aliphatic heterocycles. The zero-order valence-corrected chi connectivity index (χ0v) is 13.6. The molecule has 1 heterocycles. The highest BCUT2D eigenvalue weighted by atomic mass is 16.3. The van der Waals surface area contributed by atoms with E-state index in [1.165, 1.54) is 0 Å². The molecule has 3 aromatic carbocycles. The minimum absolute atomic E-state index is 0.896. The standard InChI is InChI=1S/C23H18O/c1-3-19-16(2)14-15-20-22(19)21(17-10-6-4-7-11-17)23(24-20)18-12-8-5-9-13-18/h3-15H,2H2,1H3/b19-3+. The van der Waals surface area contributed by atoms with Gasteiger partial charge in [0.15, 0.2) is 0 Å². The Morgan fingerprint density at radius 2 is 1.42 bits per heavy atom. The average Bonchev–Trinajstić information content (AvgIpc) is 3.03. The fourth-order valence-electron chi connectivity index (χ4n) is 3.26. The maximum Gasteiger partial charge on any atom is 0.143 e. The van der Waals surface area contributed by atoms with Crippen LogP contribution in [0.1, 0.15) is 6.92 Å². The third-order valence-electron chi connectivity index (χ3n) is 4.37. The van der Waals surface area contributed by atoms with Gasteiger partial charge in [-0.2, -0.15) is 0 Å². The molecule has 0 atom stereocenters. The van der Waals surface area contributed by atoms with Crippen molar-refractivity contribution in [3.63, 3.8) is 0 Å². The van der Waals surface area contributed by atoms with Crippen LogP contribution in [0, 0.1) is 0 Å². The van der Waals surface area contributed by atoms with E-state index in [0.29, 0.717) is 0 Å². The lowest BCUT2D eigenvalue weighted by atomic mass is 9.97. The van der Waals surface area contributed by atoms with Crippen molar-refractivity contribution in [3.8, 4) is 22.5 Å². The molecule has 4 aromatic rings. The molecule has 0 aliphatic carbocycles. The summed E-state index contributed by atoms with van der Waals surface area (Å²) in [6.07, 6.45) is 2.11. The van der Waals surface area contributed by atoms with Gasteiger partial charge in [-0.1, -0.05) is 79.4 Å². The SMILES string of the molecule is C=c1ccc2oc(-c3ccccc3)c(-c3ccccc3)c2/c1=C/C. The molecule has 1 nitrogen and oxygen atoms in total. The molecule has 24 heavy (non-hydrogen) atoms. The Morgan fingerprint density at radius 3 is 2.04 bits per heavy atom. The van der Waals surface area contributed by atoms with Crippen LogP contribution in [0.3, 0.4) is 0 Å². The van der Waals surface area contributed by atoms with E-state index < -0.39 is 0 Å². The van der Waals surface area contributed by atoms with Crippen molar-refractivity contribution in [3.05, 3.63) is 83.2 Å². The summed E-state index contributed by atoms with van der Waals surface area (Å²) in [5.41, 5.74) is 4.27. The fourth-order valence-corrected chi connectivity index (χ4v) is 3.26. The van der Waals surface area contributed by atoms with E-state index in [2.05, 4.69) is 49.1 Å². The van der Waals surface area contributed by atoms with Crippen LogP contribution in [0.2, 0.25) is 0 Å². The summed E-state index contributed by atoms with van der Waals surface area (Å²) >= 11 is 0. The van der Waals surface area contributed by atoms with E-state index in [0.717, 1.165) is 43.9 Å². The first-order chi connectivity index (χ1) is 11.8. The quantitative estimate of drug-likeness (QED) is 0.509. The second-order valence-electron chi connectivity index (χ2n) is 5.84. The molecular weight excluding hydrogens is 292 g/mol. The van der Waals surface area contributed by atoms with Gasteiger partial charge in [0.1, 0.15) is 11.3 Å². The highest BCUT2D eigenvalue weighted by molar-refractivity contribution is 6.02. The molecule has 0 radical (unpaired) electrons. The first-order valence-corrected chi connectivity index (χ1v) is 8.11. The monoisotopic (exact) mass is 310 g/mol. The third-order valence-corrected chi connectivity index (χ3v) is 4.37. The molecule has 0 bridgehead atoms. The second-order valence-corrected chi connectivity index (χ2v) is 5.84. The highest BCUT2D eigenvalue weighted by Crippen LogP contribution is 2.38. The average molecular weight is 310 g/mol. The van der Waals surface area contributed by atoms with Gasteiger partial charge in [-0.05, 0) is 29.0 Å². The number of furan rings is 1. The first-order valence-electron chi connectivity index (χ1n) is 8.11. The molecular formula is C23H18O. The van der Waals surface area contributed by atoms with Gasteiger partial charge in [0.25, 0.3) is 0 Å². The number of rotatable bonds is 2. The van der Waals surface area contributed by atoms with Crippen LogP contribution in [-0.4, -0.2) is 0 Å². The van der Waals surface area contributed by atoms with E-state index >= 15 is 0 Å². The van der Waals surface area contributed by atoms with Gasteiger partial charge in [0.05, 0.1) is 0 Å². The van der Waals surface area contributed by atoms with Crippen LogP contribution in [0.4, 0.5) is 0 Å². The van der Waals surface area contributed by atoms with Crippen LogP contribution in [-0.2, 0) is 0 Å². The normalized spacial score (nSPS) is 12.0. The van der Waals surface area contributed by atoms with Gasteiger partial charge in [-0.25, -0.2) is 0 Å². The maximum atomic E-state index is 6.29. The van der Waals surface area contributed by atoms with Crippen LogP contribution in [0.25, 0.3) is 46.1 Å². The van der Waals surface area contributed by atoms with E-state index in [-0.39, 0.29) is 0 Å². The zero-order chi connectivity index (χ0) is 16.5. The summed E-state index contributed by atoms with van der Waals surface area (Å²) in [7, 11) is 0. The van der Waals surface area contributed by atoms with Gasteiger partial charge in [-0.15, -0.1) is 0 Å².